The summed E-state index contributed by atoms with van der Waals surface area (Å²) in [6.45, 7) is 4.11. The third-order valence-corrected chi connectivity index (χ3v) is 5.36. The Morgan fingerprint density at radius 1 is 0.680 bits per heavy atom. The first-order valence-electron chi connectivity index (χ1n) is 8.79. The van der Waals surface area contributed by atoms with Crippen LogP contribution in [0.2, 0.25) is 0 Å². The Hall–Kier alpha value is -2.03. The molecule has 0 bridgehead atoms. The highest BCUT2D eigenvalue weighted by atomic mass is 32.1. The molecule has 0 aliphatic carbocycles. The van der Waals surface area contributed by atoms with Crippen molar-refractivity contribution >= 4 is 12.6 Å². The number of rotatable bonds is 7. The van der Waals surface area contributed by atoms with Crippen LogP contribution in [-0.4, -0.2) is 10.9 Å². The van der Waals surface area contributed by atoms with Gasteiger partial charge in [0.25, 0.3) is 0 Å². The van der Waals surface area contributed by atoms with Crippen LogP contribution in [0.4, 0.5) is 0 Å². The van der Waals surface area contributed by atoms with E-state index in [1.807, 2.05) is 0 Å². The van der Waals surface area contributed by atoms with E-state index in [9.17, 15) is 0 Å². The van der Waals surface area contributed by atoms with E-state index in [2.05, 4.69) is 103 Å². The van der Waals surface area contributed by atoms with E-state index in [1.165, 1.54) is 16.7 Å². The Labute approximate surface area is 156 Å². The molecule has 2 heteroatoms. The predicted molar refractivity (Wildman–Crippen MR) is 110 cm³/mol. The summed E-state index contributed by atoms with van der Waals surface area (Å²) < 4.78 is 0. The maximum atomic E-state index is 4.94. The average molecular weight is 348 g/mol. The van der Waals surface area contributed by atoms with Crippen LogP contribution in [-0.2, 0) is 13.1 Å². The molecule has 0 saturated heterocycles. The van der Waals surface area contributed by atoms with Gasteiger partial charge in [-0.05, 0) is 23.6 Å². The number of nitrogens with zero attached hydrogens (tertiary/aromatic N) is 1. The lowest BCUT2D eigenvalue weighted by molar-refractivity contribution is 0.187. The second-order valence-electron chi connectivity index (χ2n) is 6.47. The molecular weight excluding hydrogens is 322 g/mol. The van der Waals surface area contributed by atoms with Gasteiger partial charge in [-0.3, -0.25) is 4.90 Å². The van der Waals surface area contributed by atoms with Crippen molar-refractivity contribution in [1.82, 2.24) is 4.90 Å². The van der Waals surface area contributed by atoms with Gasteiger partial charge >= 0.3 is 0 Å². The average Bonchev–Trinajstić information content (AvgIpc) is 2.68. The lowest BCUT2D eigenvalue weighted by atomic mass is 10.0. The summed E-state index contributed by atoms with van der Waals surface area (Å²) in [5.41, 5.74) is 3.93. The van der Waals surface area contributed by atoms with Crippen molar-refractivity contribution in [1.29, 1.82) is 0 Å². The first-order valence-corrected chi connectivity index (χ1v) is 9.30. The maximum absolute atomic E-state index is 4.94. The highest BCUT2D eigenvalue weighted by Gasteiger charge is 2.22. The highest BCUT2D eigenvalue weighted by molar-refractivity contribution is 7.80. The lowest BCUT2D eigenvalue weighted by Gasteiger charge is -2.33. The zero-order valence-electron chi connectivity index (χ0n) is 14.6. The molecule has 0 N–H and O–H groups in total. The molecule has 0 aliphatic rings. The van der Waals surface area contributed by atoms with Gasteiger partial charge in [-0.25, -0.2) is 0 Å². The molecule has 0 unspecified atom stereocenters. The van der Waals surface area contributed by atoms with E-state index >= 15 is 0 Å². The minimum atomic E-state index is 0.175. The van der Waals surface area contributed by atoms with E-state index in [0.29, 0.717) is 6.04 Å². The van der Waals surface area contributed by atoms with E-state index in [0.717, 1.165) is 13.1 Å². The van der Waals surface area contributed by atoms with Crippen molar-refractivity contribution in [2.75, 3.05) is 0 Å². The van der Waals surface area contributed by atoms with Gasteiger partial charge in [0.1, 0.15) is 0 Å². The van der Waals surface area contributed by atoms with Crippen LogP contribution in [0.25, 0.3) is 0 Å². The Kier molecular flexibility index (Phi) is 6.32. The minimum absolute atomic E-state index is 0.175. The molecule has 3 aromatic rings. The molecule has 3 aromatic carbocycles. The normalized spacial score (nSPS) is 13.6. The van der Waals surface area contributed by atoms with Crippen LogP contribution in [0.15, 0.2) is 91.0 Å². The van der Waals surface area contributed by atoms with Gasteiger partial charge in [0.2, 0.25) is 0 Å². The third-order valence-electron chi connectivity index (χ3n) is 4.63. The van der Waals surface area contributed by atoms with Gasteiger partial charge in [-0.15, -0.1) is 0 Å². The zero-order chi connectivity index (χ0) is 17.5. The van der Waals surface area contributed by atoms with E-state index < -0.39 is 0 Å². The van der Waals surface area contributed by atoms with Crippen molar-refractivity contribution in [3.8, 4) is 0 Å². The fourth-order valence-electron chi connectivity index (χ4n) is 3.11. The summed E-state index contributed by atoms with van der Waals surface area (Å²) >= 11 is 4.94. The number of hydrogen-bond acceptors (Lipinski definition) is 2. The smallest absolute Gasteiger partial charge is 0.0420 e. The molecule has 0 fully saturated rings. The van der Waals surface area contributed by atoms with Crippen molar-refractivity contribution in [2.45, 2.75) is 31.3 Å². The van der Waals surface area contributed by atoms with Crippen molar-refractivity contribution in [3.05, 3.63) is 108 Å². The maximum Gasteiger partial charge on any atom is 0.0420 e. The van der Waals surface area contributed by atoms with Crippen LogP contribution in [0.5, 0.6) is 0 Å². The fraction of sp³-hybridized carbons (Fsp3) is 0.217. The van der Waals surface area contributed by atoms with E-state index in [1.54, 1.807) is 0 Å². The lowest BCUT2D eigenvalue weighted by Crippen LogP contribution is -2.35. The van der Waals surface area contributed by atoms with Crippen LogP contribution < -0.4 is 0 Å². The monoisotopic (exact) mass is 347 g/mol. The molecule has 3 rings (SSSR count). The van der Waals surface area contributed by atoms with Crippen LogP contribution in [0.3, 0.4) is 0 Å². The molecule has 0 aromatic heterocycles. The summed E-state index contributed by atoms with van der Waals surface area (Å²) in [5, 5.41) is 0.175. The molecule has 0 amide bonds. The molecule has 1 nitrogen and oxygen atoms in total. The van der Waals surface area contributed by atoms with E-state index in [-0.39, 0.29) is 5.25 Å². The number of benzene rings is 3. The number of thiol groups is 1. The van der Waals surface area contributed by atoms with Crippen LogP contribution >= 0.6 is 12.6 Å². The van der Waals surface area contributed by atoms with Gasteiger partial charge in [0, 0.05) is 24.4 Å². The quantitative estimate of drug-likeness (QED) is 0.533. The fourth-order valence-corrected chi connectivity index (χ4v) is 3.47. The van der Waals surface area contributed by atoms with Crippen molar-refractivity contribution in [3.63, 3.8) is 0 Å². The molecule has 0 saturated carbocycles. The Morgan fingerprint density at radius 2 is 1.08 bits per heavy atom. The summed E-state index contributed by atoms with van der Waals surface area (Å²) in [6, 6.07) is 32.2. The molecule has 128 valence electrons. The first kappa shape index (κ1) is 17.8. The van der Waals surface area contributed by atoms with Crippen molar-refractivity contribution < 1.29 is 0 Å². The molecule has 0 heterocycles. The van der Waals surface area contributed by atoms with Crippen LogP contribution in [0, 0.1) is 0 Å². The second-order valence-corrected chi connectivity index (χ2v) is 7.03. The predicted octanol–water partition coefficient (Wildman–Crippen LogP) is 5.75. The van der Waals surface area contributed by atoms with Gasteiger partial charge in [-0.2, -0.15) is 12.6 Å². The van der Waals surface area contributed by atoms with Gasteiger partial charge in [0.15, 0.2) is 0 Å². The summed E-state index contributed by atoms with van der Waals surface area (Å²) in [5.74, 6) is 0. The Morgan fingerprint density at radius 3 is 1.52 bits per heavy atom. The molecule has 0 radical (unpaired) electrons. The molecular formula is C23H25NS. The molecule has 25 heavy (non-hydrogen) atoms. The Balaban J connectivity index is 1.81. The highest BCUT2D eigenvalue weighted by Crippen LogP contribution is 2.29. The van der Waals surface area contributed by atoms with Crippen LogP contribution in [0.1, 0.15) is 28.9 Å². The third kappa shape index (κ3) is 4.97. The summed E-state index contributed by atoms with van der Waals surface area (Å²) in [6.07, 6.45) is 0. The first-order chi connectivity index (χ1) is 12.2. The molecule has 0 aliphatic heterocycles. The Bertz CT molecular complexity index is 701. The summed E-state index contributed by atoms with van der Waals surface area (Å²) in [4.78, 5) is 2.51. The number of hydrogen-bond donors (Lipinski definition) is 1. The largest absolute Gasteiger partial charge is 0.291 e. The summed E-state index contributed by atoms with van der Waals surface area (Å²) in [7, 11) is 0. The zero-order valence-corrected chi connectivity index (χ0v) is 15.5. The van der Waals surface area contributed by atoms with Gasteiger partial charge in [0.05, 0.1) is 0 Å². The minimum Gasteiger partial charge on any atom is -0.291 e. The SMILES string of the molecule is C[C@@H]([C@H](S)c1ccccc1)N(Cc1ccccc1)Cc1ccccc1. The van der Waals surface area contributed by atoms with E-state index in [4.69, 9.17) is 12.6 Å². The standard InChI is InChI=1S/C23H25NS/c1-19(23(25)22-15-9-4-10-16-22)24(17-20-11-5-2-6-12-20)18-21-13-7-3-8-14-21/h2-16,19,23,25H,17-18H2,1H3/t19-,23-/m0/s1. The van der Waals surface area contributed by atoms with Gasteiger partial charge < -0.3 is 0 Å². The van der Waals surface area contributed by atoms with Crippen molar-refractivity contribution in [2.24, 2.45) is 0 Å². The second kappa shape index (κ2) is 8.89. The topological polar surface area (TPSA) is 3.24 Å². The van der Waals surface area contributed by atoms with Gasteiger partial charge in [-0.1, -0.05) is 91.0 Å². The molecule has 2 atom stereocenters. The molecule has 0 spiro atoms.